The molecule has 0 aliphatic carbocycles. The first-order valence-corrected chi connectivity index (χ1v) is 6.95. The third-order valence-corrected chi connectivity index (χ3v) is 2.28. The lowest BCUT2D eigenvalue weighted by atomic mass is 10.2. The van der Waals surface area contributed by atoms with E-state index in [4.69, 9.17) is 10.00 Å². The predicted octanol–water partition coefficient (Wildman–Crippen LogP) is 1.56. The standard InChI is InChI=1S/C12H12N2O4S/c1-17-12-7-4-10(5-8-12)3-6-11(9-13)14-18-19(2,15)16/h3-8H,1-2H3/b6-3+,14-11-. The van der Waals surface area contributed by atoms with Gasteiger partial charge < -0.3 is 4.74 Å². The maximum absolute atomic E-state index is 10.7. The number of ether oxygens (including phenoxy) is 1. The topological polar surface area (TPSA) is 88.8 Å². The largest absolute Gasteiger partial charge is 0.497 e. The van der Waals surface area contributed by atoms with Gasteiger partial charge in [0.1, 0.15) is 11.8 Å². The first-order valence-electron chi connectivity index (χ1n) is 5.13. The maximum atomic E-state index is 10.7. The lowest BCUT2D eigenvalue weighted by Gasteiger charge is -1.98. The molecule has 1 aromatic rings. The van der Waals surface area contributed by atoms with E-state index < -0.39 is 10.1 Å². The zero-order valence-corrected chi connectivity index (χ0v) is 11.2. The number of hydrogen-bond donors (Lipinski definition) is 0. The number of benzene rings is 1. The summed E-state index contributed by atoms with van der Waals surface area (Å²) in [5.41, 5.74) is 0.657. The zero-order valence-electron chi connectivity index (χ0n) is 10.4. The average Bonchev–Trinajstić information content (AvgIpc) is 2.38. The highest BCUT2D eigenvalue weighted by atomic mass is 32.2. The molecule has 1 rings (SSSR count). The van der Waals surface area contributed by atoms with Gasteiger partial charge in [-0.25, -0.2) is 0 Å². The van der Waals surface area contributed by atoms with Gasteiger partial charge in [0.25, 0.3) is 0 Å². The minimum Gasteiger partial charge on any atom is -0.497 e. The Labute approximate surface area is 111 Å². The molecule has 0 N–H and O–H groups in total. The first-order chi connectivity index (χ1) is 8.94. The van der Waals surface area contributed by atoms with Crippen molar-refractivity contribution in [3.8, 4) is 11.8 Å². The zero-order chi connectivity index (χ0) is 14.3. The highest BCUT2D eigenvalue weighted by molar-refractivity contribution is 7.85. The van der Waals surface area contributed by atoms with Gasteiger partial charge in [-0.1, -0.05) is 23.4 Å². The molecule has 7 heteroatoms. The van der Waals surface area contributed by atoms with E-state index >= 15 is 0 Å². The summed E-state index contributed by atoms with van der Waals surface area (Å²) in [6, 6.07) is 8.80. The van der Waals surface area contributed by atoms with Crippen molar-refractivity contribution in [3.05, 3.63) is 35.9 Å². The van der Waals surface area contributed by atoms with E-state index in [9.17, 15) is 8.42 Å². The average molecular weight is 280 g/mol. The molecular formula is C12H12N2O4S. The van der Waals surface area contributed by atoms with Crippen LogP contribution >= 0.6 is 0 Å². The van der Waals surface area contributed by atoms with Crippen molar-refractivity contribution in [1.82, 2.24) is 0 Å². The summed E-state index contributed by atoms with van der Waals surface area (Å²) >= 11 is 0. The molecule has 0 saturated carbocycles. The van der Waals surface area contributed by atoms with E-state index in [2.05, 4.69) is 9.44 Å². The summed E-state index contributed by atoms with van der Waals surface area (Å²) in [7, 11) is -2.15. The van der Waals surface area contributed by atoms with Gasteiger partial charge in [-0.2, -0.15) is 13.7 Å². The summed E-state index contributed by atoms with van der Waals surface area (Å²) in [6.45, 7) is 0. The Balaban J connectivity index is 2.80. The van der Waals surface area contributed by atoms with Crippen LogP contribution < -0.4 is 4.74 Å². The summed E-state index contributed by atoms with van der Waals surface area (Å²) in [5.74, 6) is 0.715. The highest BCUT2D eigenvalue weighted by Gasteiger charge is 2.01. The lowest BCUT2D eigenvalue weighted by molar-refractivity contribution is 0.344. The molecule has 0 amide bonds. The third-order valence-electron chi connectivity index (χ3n) is 1.94. The maximum Gasteiger partial charge on any atom is 0.325 e. The summed E-state index contributed by atoms with van der Waals surface area (Å²) in [4.78, 5) is 0. The lowest BCUT2D eigenvalue weighted by Crippen LogP contribution is -1.99. The molecule has 0 radical (unpaired) electrons. The minimum atomic E-state index is -3.71. The Kier molecular flexibility index (Phi) is 5.09. The summed E-state index contributed by atoms with van der Waals surface area (Å²) in [5, 5.41) is 12.0. The van der Waals surface area contributed by atoms with Crippen molar-refractivity contribution in [2.45, 2.75) is 0 Å². The Morgan fingerprint density at radius 1 is 1.37 bits per heavy atom. The Morgan fingerprint density at radius 2 is 2.00 bits per heavy atom. The van der Waals surface area contributed by atoms with E-state index in [1.807, 2.05) is 0 Å². The second kappa shape index (κ2) is 6.56. The second-order valence-corrected chi connectivity index (χ2v) is 5.03. The molecule has 0 spiro atoms. The van der Waals surface area contributed by atoms with Crippen LogP contribution in [0.15, 0.2) is 35.5 Å². The smallest absolute Gasteiger partial charge is 0.325 e. The fraction of sp³-hybridized carbons (Fsp3) is 0.167. The molecular weight excluding hydrogens is 268 g/mol. The highest BCUT2D eigenvalue weighted by Crippen LogP contribution is 2.12. The van der Waals surface area contributed by atoms with Gasteiger partial charge in [-0.3, -0.25) is 4.28 Å². The van der Waals surface area contributed by atoms with E-state index in [0.29, 0.717) is 5.75 Å². The van der Waals surface area contributed by atoms with Crippen LogP contribution in [0.5, 0.6) is 5.75 Å². The quantitative estimate of drug-likeness (QED) is 0.603. The van der Waals surface area contributed by atoms with Crippen molar-refractivity contribution in [1.29, 1.82) is 5.26 Å². The van der Waals surface area contributed by atoms with Crippen molar-refractivity contribution < 1.29 is 17.4 Å². The van der Waals surface area contributed by atoms with E-state index in [-0.39, 0.29) is 5.71 Å². The van der Waals surface area contributed by atoms with Crippen LogP contribution in [0.25, 0.3) is 6.08 Å². The van der Waals surface area contributed by atoms with Crippen molar-refractivity contribution in [3.63, 3.8) is 0 Å². The van der Waals surface area contributed by atoms with Gasteiger partial charge >= 0.3 is 10.1 Å². The van der Waals surface area contributed by atoms with Gasteiger partial charge in [0, 0.05) is 0 Å². The SMILES string of the molecule is COc1ccc(/C=C/C(C#N)=N/OS(C)(=O)=O)cc1. The third kappa shape index (κ3) is 5.70. The molecule has 1 aromatic carbocycles. The number of nitrogens with zero attached hydrogens (tertiary/aromatic N) is 2. The number of oxime groups is 1. The van der Waals surface area contributed by atoms with Crippen LogP contribution in [0.1, 0.15) is 5.56 Å². The minimum absolute atomic E-state index is 0.152. The molecule has 0 fully saturated rings. The Hall–Kier alpha value is -2.33. The van der Waals surface area contributed by atoms with Crippen LogP contribution in [0.2, 0.25) is 0 Å². The summed E-state index contributed by atoms with van der Waals surface area (Å²) < 4.78 is 30.6. The molecule has 19 heavy (non-hydrogen) atoms. The molecule has 0 aliphatic rings. The van der Waals surface area contributed by atoms with Gasteiger partial charge in [0.15, 0.2) is 5.71 Å². The van der Waals surface area contributed by atoms with Crippen molar-refractivity contribution >= 4 is 21.9 Å². The van der Waals surface area contributed by atoms with Gasteiger partial charge in [-0.15, -0.1) is 0 Å². The van der Waals surface area contributed by atoms with Gasteiger partial charge in [0.2, 0.25) is 0 Å². The number of rotatable bonds is 5. The molecule has 0 bridgehead atoms. The molecule has 0 aromatic heterocycles. The van der Waals surface area contributed by atoms with E-state index in [1.165, 1.54) is 6.08 Å². The fourth-order valence-corrected chi connectivity index (χ4v) is 1.30. The number of nitriles is 1. The number of hydrogen-bond acceptors (Lipinski definition) is 6. The molecule has 100 valence electrons. The van der Waals surface area contributed by atoms with Crippen molar-refractivity contribution in [2.75, 3.05) is 13.4 Å². The van der Waals surface area contributed by atoms with Crippen LogP contribution in [-0.2, 0) is 14.4 Å². The first kappa shape index (κ1) is 14.7. The van der Waals surface area contributed by atoms with Crippen LogP contribution in [0.3, 0.4) is 0 Å². The van der Waals surface area contributed by atoms with Gasteiger partial charge in [-0.05, 0) is 23.8 Å². The summed E-state index contributed by atoms with van der Waals surface area (Å²) in [6.07, 6.45) is 3.80. The second-order valence-electron chi connectivity index (χ2n) is 3.47. The number of allylic oxidation sites excluding steroid dienone is 1. The predicted molar refractivity (Wildman–Crippen MR) is 71.0 cm³/mol. The fourth-order valence-electron chi connectivity index (χ4n) is 1.09. The molecule has 0 unspecified atom stereocenters. The molecule has 0 aliphatic heterocycles. The Bertz CT molecular complexity index is 625. The van der Waals surface area contributed by atoms with Gasteiger partial charge in [0.05, 0.1) is 13.4 Å². The Morgan fingerprint density at radius 3 is 2.47 bits per heavy atom. The molecule has 0 atom stereocenters. The van der Waals surface area contributed by atoms with Crippen molar-refractivity contribution in [2.24, 2.45) is 5.16 Å². The van der Waals surface area contributed by atoms with Crippen LogP contribution in [0.4, 0.5) is 0 Å². The molecule has 0 saturated heterocycles. The molecule has 6 nitrogen and oxygen atoms in total. The molecule has 0 heterocycles. The van der Waals surface area contributed by atoms with Crippen LogP contribution in [-0.4, -0.2) is 27.5 Å². The van der Waals surface area contributed by atoms with E-state index in [0.717, 1.165) is 11.8 Å². The normalized spacial score (nSPS) is 12.2. The van der Waals surface area contributed by atoms with E-state index in [1.54, 1.807) is 43.5 Å². The number of methoxy groups -OCH3 is 1. The monoisotopic (exact) mass is 280 g/mol. The van der Waals surface area contributed by atoms with Crippen LogP contribution in [0, 0.1) is 11.3 Å².